The molecule has 2 aromatic carbocycles. The maximum atomic E-state index is 13.0. The number of rotatable bonds is 4. The molecule has 0 bridgehead atoms. The van der Waals surface area contributed by atoms with Crippen LogP contribution in [0, 0.1) is 5.82 Å². The lowest BCUT2D eigenvalue weighted by atomic mass is 10.2. The number of aromatic nitrogens is 1. The molecule has 0 radical (unpaired) electrons. The first-order valence-corrected chi connectivity index (χ1v) is 8.95. The van der Waals surface area contributed by atoms with Crippen LogP contribution in [0.15, 0.2) is 47.8 Å². The Kier molecular flexibility index (Phi) is 4.53. The van der Waals surface area contributed by atoms with E-state index in [0.717, 1.165) is 10.6 Å². The van der Waals surface area contributed by atoms with Crippen molar-refractivity contribution in [2.24, 2.45) is 0 Å². The molecule has 0 fully saturated rings. The van der Waals surface area contributed by atoms with Gasteiger partial charge < -0.3 is 14.8 Å². The van der Waals surface area contributed by atoms with Crippen molar-refractivity contribution in [2.75, 3.05) is 18.5 Å². The van der Waals surface area contributed by atoms with E-state index in [9.17, 15) is 9.18 Å². The summed E-state index contributed by atoms with van der Waals surface area (Å²) in [5.74, 6) is 0.848. The molecule has 1 aliphatic rings. The summed E-state index contributed by atoms with van der Waals surface area (Å²) >= 11 is 1.43. The predicted molar refractivity (Wildman–Crippen MR) is 97.3 cm³/mol. The van der Waals surface area contributed by atoms with Crippen molar-refractivity contribution >= 4 is 22.9 Å². The average Bonchev–Trinajstić information content (AvgIpc) is 3.10. The molecule has 1 amide bonds. The molecule has 7 heteroatoms. The Bertz CT molecular complexity index is 940. The van der Waals surface area contributed by atoms with Gasteiger partial charge >= 0.3 is 0 Å². The standard InChI is InChI=1S/C19H15FN2O3S/c20-13-3-1-12(2-4-13)19-22-15(11-26-19)10-18(23)21-14-5-6-16-17(9-14)25-8-7-24-16/h1-6,9,11H,7-8,10H2,(H,21,23). The molecule has 1 N–H and O–H groups in total. The number of fused-ring (bicyclic) bond motifs is 1. The summed E-state index contributed by atoms with van der Waals surface area (Å²) in [6.45, 7) is 1.02. The lowest BCUT2D eigenvalue weighted by Gasteiger charge is -2.18. The Morgan fingerprint density at radius 1 is 1.12 bits per heavy atom. The molecular formula is C19H15FN2O3S. The van der Waals surface area contributed by atoms with E-state index < -0.39 is 0 Å². The van der Waals surface area contributed by atoms with Crippen LogP contribution in [0.25, 0.3) is 10.6 Å². The topological polar surface area (TPSA) is 60.5 Å². The summed E-state index contributed by atoms with van der Waals surface area (Å²) in [6.07, 6.45) is 0.159. The maximum absolute atomic E-state index is 13.0. The van der Waals surface area contributed by atoms with E-state index in [4.69, 9.17) is 9.47 Å². The van der Waals surface area contributed by atoms with Gasteiger partial charge in [-0.25, -0.2) is 9.37 Å². The molecule has 1 aliphatic heterocycles. The van der Waals surface area contributed by atoms with E-state index in [1.165, 1.54) is 23.5 Å². The molecule has 1 aromatic heterocycles. The highest BCUT2D eigenvalue weighted by molar-refractivity contribution is 7.13. The van der Waals surface area contributed by atoms with E-state index in [1.54, 1.807) is 30.3 Å². The van der Waals surface area contributed by atoms with Crippen molar-refractivity contribution < 1.29 is 18.7 Å². The van der Waals surface area contributed by atoms with E-state index in [-0.39, 0.29) is 18.1 Å². The van der Waals surface area contributed by atoms with Gasteiger partial charge in [0.1, 0.15) is 24.0 Å². The SMILES string of the molecule is O=C(Cc1csc(-c2ccc(F)cc2)n1)Nc1ccc2c(c1)OCCO2. The van der Waals surface area contributed by atoms with Crippen molar-refractivity contribution in [3.8, 4) is 22.1 Å². The third-order valence-corrected chi connectivity index (χ3v) is 4.75. The first kappa shape index (κ1) is 16.5. The first-order valence-electron chi connectivity index (χ1n) is 8.07. The van der Waals surface area contributed by atoms with Crippen molar-refractivity contribution in [3.63, 3.8) is 0 Å². The van der Waals surface area contributed by atoms with Gasteiger partial charge in [0.05, 0.1) is 12.1 Å². The van der Waals surface area contributed by atoms with E-state index in [1.807, 2.05) is 5.38 Å². The molecule has 2 heterocycles. The zero-order valence-corrected chi connectivity index (χ0v) is 14.5. The number of halogens is 1. The number of hydrogen-bond donors (Lipinski definition) is 1. The Labute approximate surface area is 153 Å². The summed E-state index contributed by atoms with van der Waals surface area (Å²) in [6, 6.07) is 11.4. The highest BCUT2D eigenvalue weighted by atomic mass is 32.1. The van der Waals surface area contributed by atoms with Crippen LogP contribution in [0.3, 0.4) is 0 Å². The largest absolute Gasteiger partial charge is 0.486 e. The summed E-state index contributed by atoms with van der Waals surface area (Å²) < 4.78 is 24.0. The molecule has 5 nitrogen and oxygen atoms in total. The smallest absolute Gasteiger partial charge is 0.230 e. The summed E-state index contributed by atoms with van der Waals surface area (Å²) in [5.41, 5.74) is 2.15. The molecular weight excluding hydrogens is 355 g/mol. The molecule has 0 spiro atoms. The number of nitrogens with one attached hydrogen (secondary N) is 1. The van der Waals surface area contributed by atoms with Crippen LogP contribution in [0.4, 0.5) is 10.1 Å². The van der Waals surface area contributed by atoms with Gasteiger partial charge in [-0.1, -0.05) is 0 Å². The Balaban J connectivity index is 1.41. The van der Waals surface area contributed by atoms with Crippen LogP contribution < -0.4 is 14.8 Å². The van der Waals surface area contributed by atoms with Gasteiger partial charge in [-0.2, -0.15) is 0 Å². The van der Waals surface area contributed by atoms with Crippen molar-refractivity contribution in [2.45, 2.75) is 6.42 Å². The monoisotopic (exact) mass is 370 g/mol. The lowest BCUT2D eigenvalue weighted by molar-refractivity contribution is -0.115. The van der Waals surface area contributed by atoms with Crippen LogP contribution >= 0.6 is 11.3 Å². The normalized spacial score (nSPS) is 12.7. The van der Waals surface area contributed by atoms with E-state index in [0.29, 0.717) is 36.1 Å². The van der Waals surface area contributed by atoms with E-state index in [2.05, 4.69) is 10.3 Å². The lowest BCUT2D eigenvalue weighted by Crippen LogP contribution is -2.17. The van der Waals surface area contributed by atoms with Gasteiger partial charge in [0.15, 0.2) is 11.5 Å². The van der Waals surface area contributed by atoms with Crippen LogP contribution in [-0.2, 0) is 11.2 Å². The molecule has 132 valence electrons. The Hall–Kier alpha value is -2.93. The molecule has 0 saturated carbocycles. The number of thiazole rings is 1. The van der Waals surface area contributed by atoms with Gasteiger partial charge in [0.2, 0.25) is 5.91 Å². The molecule has 26 heavy (non-hydrogen) atoms. The second-order valence-electron chi connectivity index (χ2n) is 5.73. The van der Waals surface area contributed by atoms with Gasteiger partial charge in [-0.3, -0.25) is 4.79 Å². The fraction of sp³-hybridized carbons (Fsp3) is 0.158. The first-order chi connectivity index (χ1) is 12.7. The fourth-order valence-electron chi connectivity index (χ4n) is 2.60. The number of amides is 1. The Morgan fingerprint density at radius 3 is 2.69 bits per heavy atom. The van der Waals surface area contributed by atoms with Crippen LogP contribution in [0.1, 0.15) is 5.69 Å². The third kappa shape index (κ3) is 3.67. The number of ether oxygens (including phenoxy) is 2. The third-order valence-electron chi connectivity index (χ3n) is 3.81. The summed E-state index contributed by atoms with van der Waals surface area (Å²) in [7, 11) is 0. The highest BCUT2D eigenvalue weighted by Gasteiger charge is 2.14. The van der Waals surface area contributed by atoms with Gasteiger partial charge in [-0.05, 0) is 36.4 Å². The number of anilines is 1. The quantitative estimate of drug-likeness (QED) is 0.757. The molecule has 0 aliphatic carbocycles. The number of carbonyl (C=O) groups excluding carboxylic acids is 1. The van der Waals surface area contributed by atoms with Crippen molar-refractivity contribution in [1.82, 2.24) is 4.98 Å². The number of hydrogen-bond acceptors (Lipinski definition) is 5. The molecule has 0 atom stereocenters. The minimum atomic E-state index is -0.288. The van der Waals surface area contributed by atoms with E-state index >= 15 is 0 Å². The van der Waals surface area contributed by atoms with Gasteiger partial charge in [0, 0.05) is 22.7 Å². The fourth-order valence-corrected chi connectivity index (χ4v) is 3.43. The summed E-state index contributed by atoms with van der Waals surface area (Å²) in [5, 5.41) is 5.43. The molecule has 4 rings (SSSR count). The number of carbonyl (C=O) groups is 1. The summed E-state index contributed by atoms with van der Waals surface area (Å²) in [4.78, 5) is 16.7. The average molecular weight is 370 g/mol. The second-order valence-corrected chi connectivity index (χ2v) is 6.59. The van der Waals surface area contributed by atoms with Crippen LogP contribution in [0.5, 0.6) is 11.5 Å². The molecule has 0 unspecified atom stereocenters. The minimum Gasteiger partial charge on any atom is -0.486 e. The Morgan fingerprint density at radius 2 is 1.88 bits per heavy atom. The van der Waals surface area contributed by atoms with Crippen molar-refractivity contribution in [3.05, 3.63) is 59.4 Å². The van der Waals surface area contributed by atoms with Crippen LogP contribution in [0.2, 0.25) is 0 Å². The molecule has 0 saturated heterocycles. The number of nitrogens with zero attached hydrogens (tertiary/aromatic N) is 1. The maximum Gasteiger partial charge on any atom is 0.230 e. The van der Waals surface area contributed by atoms with Gasteiger partial charge in [-0.15, -0.1) is 11.3 Å². The zero-order chi connectivity index (χ0) is 17.9. The minimum absolute atomic E-state index is 0.159. The van der Waals surface area contributed by atoms with Gasteiger partial charge in [0.25, 0.3) is 0 Å². The zero-order valence-electron chi connectivity index (χ0n) is 13.7. The highest BCUT2D eigenvalue weighted by Crippen LogP contribution is 2.32. The predicted octanol–water partition coefficient (Wildman–Crippen LogP) is 3.90. The van der Waals surface area contributed by atoms with Crippen molar-refractivity contribution in [1.29, 1.82) is 0 Å². The second kappa shape index (κ2) is 7.13. The molecule has 3 aromatic rings. The van der Waals surface area contributed by atoms with Crippen LogP contribution in [-0.4, -0.2) is 24.1 Å². The number of benzene rings is 2.